The van der Waals surface area contributed by atoms with Crippen molar-refractivity contribution in [1.82, 2.24) is 24.5 Å². The van der Waals surface area contributed by atoms with Gasteiger partial charge in [0.2, 0.25) is 5.95 Å². The fourth-order valence-corrected chi connectivity index (χ4v) is 4.99. The lowest BCUT2D eigenvalue weighted by atomic mass is 9.92. The topological polar surface area (TPSA) is 88.2 Å². The first-order valence-electron chi connectivity index (χ1n) is 12.4. The monoisotopic (exact) mass is 508 g/mol. The Kier molecular flexibility index (Phi) is 6.17. The lowest BCUT2D eigenvalue weighted by Crippen LogP contribution is -2.28. The van der Waals surface area contributed by atoms with Crippen molar-refractivity contribution in [2.45, 2.75) is 18.5 Å². The molecule has 0 aliphatic carbocycles. The summed E-state index contributed by atoms with van der Waals surface area (Å²) in [6, 6.07) is 24.0. The minimum absolute atomic E-state index is 0.0286. The van der Waals surface area contributed by atoms with Crippen LogP contribution in [0.1, 0.15) is 29.6 Å². The van der Waals surface area contributed by atoms with Gasteiger partial charge in [0.25, 0.3) is 0 Å². The summed E-state index contributed by atoms with van der Waals surface area (Å²) in [6.45, 7) is 0. The molecule has 3 aromatic carbocycles. The lowest BCUT2D eigenvalue weighted by molar-refractivity contribution is 0.355. The molecule has 3 heterocycles. The number of anilines is 1. The number of ether oxygens (including phenoxy) is 3. The summed E-state index contributed by atoms with van der Waals surface area (Å²) in [7, 11) is 4.94. The number of nitrogens with one attached hydrogen (secondary N) is 1. The summed E-state index contributed by atoms with van der Waals surface area (Å²) in [6.07, 6.45) is 4.43. The van der Waals surface area contributed by atoms with E-state index in [1.54, 1.807) is 27.7 Å². The zero-order valence-corrected chi connectivity index (χ0v) is 21.4. The predicted molar refractivity (Wildman–Crippen MR) is 144 cm³/mol. The molecule has 192 valence electrons. The van der Waals surface area contributed by atoms with Gasteiger partial charge in [0, 0.05) is 17.3 Å². The smallest absolute Gasteiger partial charge is 0.222 e. The van der Waals surface area contributed by atoms with Gasteiger partial charge in [0.1, 0.15) is 12.1 Å². The van der Waals surface area contributed by atoms with Gasteiger partial charge in [0.05, 0.1) is 44.8 Å². The number of hydrogen-bond donors (Lipinski definition) is 1. The van der Waals surface area contributed by atoms with Crippen molar-refractivity contribution in [1.29, 1.82) is 0 Å². The van der Waals surface area contributed by atoms with Gasteiger partial charge in [-0.2, -0.15) is 15.2 Å². The molecule has 9 heteroatoms. The highest BCUT2D eigenvalue weighted by atomic mass is 16.5. The SMILES string of the molecule is COc1ccc([C@@H]2C[C@H](c3cn(-c4ccccc4)nc3-c3ccc(OC)c(OC)c3)n3ncnc3N2)cc1. The van der Waals surface area contributed by atoms with Crippen molar-refractivity contribution in [3.8, 4) is 34.2 Å². The molecule has 0 radical (unpaired) electrons. The summed E-state index contributed by atoms with van der Waals surface area (Å²) < 4.78 is 20.3. The van der Waals surface area contributed by atoms with Gasteiger partial charge < -0.3 is 19.5 Å². The molecule has 0 amide bonds. The van der Waals surface area contributed by atoms with Gasteiger partial charge in [-0.15, -0.1) is 0 Å². The number of rotatable bonds is 7. The van der Waals surface area contributed by atoms with Crippen LogP contribution in [0.3, 0.4) is 0 Å². The second-order valence-corrected chi connectivity index (χ2v) is 9.03. The Morgan fingerprint density at radius 2 is 1.66 bits per heavy atom. The van der Waals surface area contributed by atoms with Crippen LogP contribution in [0.4, 0.5) is 5.95 Å². The van der Waals surface area contributed by atoms with Crippen LogP contribution in [-0.4, -0.2) is 45.9 Å². The van der Waals surface area contributed by atoms with E-state index in [0.29, 0.717) is 17.4 Å². The third kappa shape index (κ3) is 4.21. The second kappa shape index (κ2) is 9.93. The van der Waals surface area contributed by atoms with Crippen molar-refractivity contribution in [2.24, 2.45) is 0 Å². The molecular formula is C29H28N6O3. The van der Waals surface area contributed by atoms with Gasteiger partial charge >= 0.3 is 0 Å². The molecule has 2 atom stereocenters. The van der Waals surface area contributed by atoms with Crippen LogP contribution in [-0.2, 0) is 0 Å². The van der Waals surface area contributed by atoms with E-state index in [2.05, 4.69) is 33.7 Å². The average Bonchev–Trinajstić information content (AvgIpc) is 3.65. The van der Waals surface area contributed by atoms with Gasteiger partial charge in [0.15, 0.2) is 11.5 Å². The molecule has 0 saturated carbocycles. The molecule has 0 spiro atoms. The second-order valence-electron chi connectivity index (χ2n) is 9.03. The molecule has 38 heavy (non-hydrogen) atoms. The quantitative estimate of drug-likeness (QED) is 0.319. The first-order chi connectivity index (χ1) is 18.7. The summed E-state index contributed by atoms with van der Waals surface area (Å²) in [4.78, 5) is 4.51. The fraction of sp³-hybridized carbons (Fsp3) is 0.207. The highest BCUT2D eigenvalue weighted by molar-refractivity contribution is 5.68. The Morgan fingerprint density at radius 3 is 2.39 bits per heavy atom. The van der Waals surface area contributed by atoms with E-state index in [9.17, 15) is 0 Å². The maximum Gasteiger partial charge on any atom is 0.222 e. The van der Waals surface area contributed by atoms with Gasteiger partial charge in [-0.05, 0) is 54.4 Å². The van der Waals surface area contributed by atoms with Gasteiger partial charge in [-0.25, -0.2) is 9.36 Å². The van der Waals surface area contributed by atoms with Crippen LogP contribution in [0, 0.1) is 0 Å². The Morgan fingerprint density at radius 1 is 0.868 bits per heavy atom. The zero-order valence-electron chi connectivity index (χ0n) is 21.4. The third-order valence-corrected chi connectivity index (χ3v) is 6.93. The van der Waals surface area contributed by atoms with E-state index in [4.69, 9.17) is 19.3 Å². The molecule has 6 rings (SSSR count). The lowest BCUT2D eigenvalue weighted by Gasteiger charge is -2.31. The highest BCUT2D eigenvalue weighted by Gasteiger charge is 2.33. The molecule has 1 aliphatic heterocycles. The van der Waals surface area contributed by atoms with E-state index in [1.165, 1.54) is 0 Å². The Balaban J connectivity index is 1.48. The van der Waals surface area contributed by atoms with Crippen LogP contribution in [0.2, 0.25) is 0 Å². The van der Waals surface area contributed by atoms with Gasteiger partial charge in [-0.3, -0.25) is 0 Å². The molecule has 1 N–H and O–H groups in total. The average molecular weight is 509 g/mol. The molecule has 5 aromatic rings. The van der Waals surface area contributed by atoms with E-state index in [-0.39, 0.29) is 12.1 Å². The van der Waals surface area contributed by atoms with E-state index >= 15 is 0 Å². The predicted octanol–water partition coefficient (Wildman–Crippen LogP) is 5.30. The number of hydrogen-bond acceptors (Lipinski definition) is 7. The van der Waals surface area contributed by atoms with E-state index in [1.807, 2.05) is 70.0 Å². The van der Waals surface area contributed by atoms with Crippen LogP contribution < -0.4 is 19.5 Å². The fourth-order valence-electron chi connectivity index (χ4n) is 4.99. The van der Waals surface area contributed by atoms with Crippen LogP contribution in [0.25, 0.3) is 16.9 Å². The van der Waals surface area contributed by atoms with Crippen molar-refractivity contribution >= 4 is 5.95 Å². The van der Waals surface area contributed by atoms with Crippen molar-refractivity contribution in [3.63, 3.8) is 0 Å². The van der Waals surface area contributed by atoms with E-state index in [0.717, 1.165) is 40.2 Å². The number of para-hydroxylation sites is 1. The molecule has 0 bridgehead atoms. The normalized spacial score (nSPS) is 16.4. The summed E-state index contributed by atoms with van der Waals surface area (Å²) >= 11 is 0. The molecule has 0 fully saturated rings. The number of benzene rings is 3. The molecule has 9 nitrogen and oxygen atoms in total. The third-order valence-electron chi connectivity index (χ3n) is 6.93. The molecule has 1 aliphatic rings. The summed E-state index contributed by atoms with van der Waals surface area (Å²) in [5, 5.41) is 13.2. The number of nitrogens with zero attached hydrogens (tertiary/aromatic N) is 5. The standard InChI is InChI=1S/C29H28N6O3/c1-36-22-12-9-19(10-13-22)24-16-25(35-29(32-24)30-18-31-35)23-17-34(21-7-5-4-6-8-21)33-28(23)20-11-14-26(37-2)27(15-20)38-3/h4-15,17-18,24-25H,16H2,1-3H3,(H,30,31,32)/t24-,25+/m0/s1. The summed E-state index contributed by atoms with van der Waals surface area (Å²) in [5.41, 5.74) is 4.92. The molecular weight excluding hydrogens is 480 g/mol. The summed E-state index contributed by atoms with van der Waals surface area (Å²) in [5.74, 6) is 2.85. The maximum absolute atomic E-state index is 5.61. The van der Waals surface area contributed by atoms with Crippen molar-refractivity contribution in [2.75, 3.05) is 26.6 Å². The minimum Gasteiger partial charge on any atom is -0.497 e. The number of aromatic nitrogens is 5. The minimum atomic E-state index is -0.110. The first-order valence-corrected chi connectivity index (χ1v) is 12.4. The van der Waals surface area contributed by atoms with Crippen molar-refractivity contribution in [3.05, 3.63) is 96.4 Å². The number of methoxy groups -OCH3 is 3. The molecule has 0 saturated heterocycles. The molecule has 2 aromatic heterocycles. The van der Waals surface area contributed by atoms with E-state index < -0.39 is 0 Å². The van der Waals surface area contributed by atoms with Crippen LogP contribution >= 0.6 is 0 Å². The maximum atomic E-state index is 5.61. The Bertz CT molecular complexity index is 1540. The number of fused-ring (bicyclic) bond motifs is 1. The van der Waals surface area contributed by atoms with Crippen molar-refractivity contribution < 1.29 is 14.2 Å². The largest absolute Gasteiger partial charge is 0.497 e. The van der Waals surface area contributed by atoms with Gasteiger partial charge in [-0.1, -0.05) is 30.3 Å². The Hall–Kier alpha value is -4.79. The highest BCUT2D eigenvalue weighted by Crippen LogP contribution is 2.42. The van der Waals surface area contributed by atoms with Crippen LogP contribution in [0.15, 0.2) is 85.3 Å². The zero-order chi connectivity index (χ0) is 26.1. The van der Waals surface area contributed by atoms with Crippen LogP contribution in [0.5, 0.6) is 17.2 Å². The first kappa shape index (κ1) is 23.6. The Labute approximate surface area is 220 Å². The molecule has 0 unspecified atom stereocenters.